The van der Waals surface area contributed by atoms with Crippen LogP contribution in [-0.4, -0.2) is 15.0 Å². The van der Waals surface area contributed by atoms with E-state index < -0.39 is 31.3 Å². The van der Waals surface area contributed by atoms with Crippen molar-refractivity contribution in [1.29, 1.82) is 0 Å². The number of ether oxygens (including phenoxy) is 1. The molecule has 0 spiro atoms. The predicted molar refractivity (Wildman–Crippen MR) is 69.0 cm³/mol. The van der Waals surface area contributed by atoms with Gasteiger partial charge in [0.05, 0.1) is 6.61 Å². The SMILES string of the molecule is CCC(CC)COc1c(F)cc(F)cc1S(=O)(=O)Cl. The van der Waals surface area contributed by atoms with E-state index >= 15 is 0 Å². The van der Waals surface area contributed by atoms with Crippen molar-refractivity contribution < 1.29 is 21.9 Å². The summed E-state index contributed by atoms with van der Waals surface area (Å²) < 4.78 is 54.4. The van der Waals surface area contributed by atoms with Gasteiger partial charge in [0.25, 0.3) is 9.05 Å². The molecule has 3 nitrogen and oxygen atoms in total. The van der Waals surface area contributed by atoms with E-state index in [0.717, 1.165) is 12.8 Å². The van der Waals surface area contributed by atoms with E-state index in [4.69, 9.17) is 15.4 Å². The second-order valence-corrected chi connectivity index (χ2v) is 6.68. The van der Waals surface area contributed by atoms with Crippen LogP contribution in [0.3, 0.4) is 0 Å². The Morgan fingerprint density at radius 1 is 1.26 bits per heavy atom. The third kappa shape index (κ3) is 4.31. The minimum atomic E-state index is -4.27. The zero-order chi connectivity index (χ0) is 14.6. The summed E-state index contributed by atoms with van der Waals surface area (Å²) in [7, 11) is 0.877. The van der Waals surface area contributed by atoms with Crippen molar-refractivity contribution in [3.8, 4) is 5.75 Å². The summed E-state index contributed by atoms with van der Waals surface area (Å²) in [6.07, 6.45) is 1.62. The maximum Gasteiger partial charge on any atom is 0.265 e. The van der Waals surface area contributed by atoms with E-state index in [1.807, 2.05) is 13.8 Å². The van der Waals surface area contributed by atoms with Crippen LogP contribution in [0.1, 0.15) is 26.7 Å². The average Bonchev–Trinajstić information content (AvgIpc) is 2.30. The summed E-state index contributed by atoms with van der Waals surface area (Å²) in [4.78, 5) is -0.683. The van der Waals surface area contributed by atoms with Gasteiger partial charge in [-0.05, 0) is 12.0 Å². The fourth-order valence-corrected chi connectivity index (χ4v) is 2.56. The van der Waals surface area contributed by atoms with Crippen molar-refractivity contribution >= 4 is 19.7 Å². The molecule has 1 aromatic carbocycles. The van der Waals surface area contributed by atoms with Crippen molar-refractivity contribution in [2.24, 2.45) is 5.92 Å². The first-order valence-electron chi connectivity index (χ1n) is 5.86. The highest BCUT2D eigenvalue weighted by Gasteiger charge is 2.23. The lowest BCUT2D eigenvalue weighted by atomic mass is 10.1. The smallest absolute Gasteiger partial charge is 0.265 e. The first-order chi connectivity index (χ1) is 8.79. The molecule has 0 atom stereocenters. The van der Waals surface area contributed by atoms with Gasteiger partial charge in [0.2, 0.25) is 0 Å². The maximum atomic E-state index is 13.6. The third-order valence-electron chi connectivity index (χ3n) is 2.86. The zero-order valence-corrected chi connectivity index (χ0v) is 12.2. The lowest BCUT2D eigenvalue weighted by Gasteiger charge is -2.16. The Balaban J connectivity index is 3.12. The van der Waals surface area contributed by atoms with Crippen LogP contribution in [-0.2, 0) is 9.05 Å². The van der Waals surface area contributed by atoms with E-state index in [1.165, 1.54) is 0 Å². The van der Waals surface area contributed by atoms with Crippen molar-refractivity contribution in [2.75, 3.05) is 6.61 Å². The molecular formula is C12H15ClF2O3S. The number of hydrogen-bond donors (Lipinski definition) is 0. The van der Waals surface area contributed by atoms with Crippen LogP contribution >= 0.6 is 10.7 Å². The standard InChI is InChI=1S/C12H15ClF2O3S/c1-3-8(4-2)7-18-12-10(15)5-9(14)6-11(12)19(13,16)17/h5-6,8H,3-4,7H2,1-2H3. The quantitative estimate of drug-likeness (QED) is 0.752. The van der Waals surface area contributed by atoms with Crippen LogP contribution < -0.4 is 4.74 Å². The molecule has 0 saturated carbocycles. The molecule has 0 aliphatic heterocycles. The van der Waals surface area contributed by atoms with Gasteiger partial charge < -0.3 is 4.74 Å². The summed E-state index contributed by atoms with van der Waals surface area (Å²) in [5.74, 6) is -2.46. The van der Waals surface area contributed by atoms with E-state index in [2.05, 4.69) is 0 Å². The van der Waals surface area contributed by atoms with Crippen molar-refractivity contribution in [2.45, 2.75) is 31.6 Å². The Labute approximate surface area is 115 Å². The third-order valence-corrected chi connectivity index (χ3v) is 4.18. The molecule has 19 heavy (non-hydrogen) atoms. The predicted octanol–water partition coefficient (Wildman–Crippen LogP) is 3.71. The lowest BCUT2D eigenvalue weighted by Crippen LogP contribution is -2.12. The fraction of sp³-hybridized carbons (Fsp3) is 0.500. The molecule has 7 heteroatoms. The van der Waals surface area contributed by atoms with Crippen LogP contribution in [0.5, 0.6) is 5.75 Å². The van der Waals surface area contributed by atoms with Crippen LogP contribution in [0.2, 0.25) is 0 Å². The highest BCUT2D eigenvalue weighted by molar-refractivity contribution is 8.13. The molecule has 0 radical (unpaired) electrons. The minimum absolute atomic E-state index is 0.148. The molecule has 0 amide bonds. The van der Waals surface area contributed by atoms with Crippen LogP contribution in [0.15, 0.2) is 17.0 Å². The van der Waals surface area contributed by atoms with Crippen LogP contribution in [0, 0.1) is 17.6 Å². The van der Waals surface area contributed by atoms with E-state index in [-0.39, 0.29) is 12.5 Å². The van der Waals surface area contributed by atoms with E-state index in [1.54, 1.807) is 0 Å². The second-order valence-electron chi connectivity index (χ2n) is 4.15. The molecule has 0 aliphatic rings. The van der Waals surface area contributed by atoms with Crippen molar-refractivity contribution in [3.05, 3.63) is 23.8 Å². The first kappa shape index (κ1) is 16.2. The van der Waals surface area contributed by atoms with Crippen LogP contribution in [0.25, 0.3) is 0 Å². The van der Waals surface area contributed by atoms with Gasteiger partial charge in [-0.15, -0.1) is 0 Å². The molecule has 0 saturated heterocycles. The number of hydrogen-bond acceptors (Lipinski definition) is 3. The lowest BCUT2D eigenvalue weighted by molar-refractivity contribution is 0.225. The van der Waals surface area contributed by atoms with Gasteiger partial charge in [-0.1, -0.05) is 26.7 Å². The number of rotatable bonds is 6. The van der Waals surface area contributed by atoms with Crippen molar-refractivity contribution in [1.82, 2.24) is 0 Å². The molecule has 0 fully saturated rings. The minimum Gasteiger partial charge on any atom is -0.489 e. The van der Waals surface area contributed by atoms with Gasteiger partial charge >= 0.3 is 0 Å². The molecule has 0 N–H and O–H groups in total. The maximum absolute atomic E-state index is 13.6. The van der Waals surface area contributed by atoms with E-state index in [0.29, 0.717) is 12.1 Å². The molecule has 0 aromatic heterocycles. The van der Waals surface area contributed by atoms with E-state index in [9.17, 15) is 17.2 Å². The Kier molecular flexibility index (Phi) is 5.55. The Morgan fingerprint density at radius 3 is 2.32 bits per heavy atom. The topological polar surface area (TPSA) is 43.4 Å². The Morgan fingerprint density at radius 2 is 1.84 bits per heavy atom. The summed E-state index contributed by atoms with van der Waals surface area (Å²) in [5, 5.41) is 0. The molecule has 0 heterocycles. The highest BCUT2D eigenvalue weighted by atomic mass is 35.7. The largest absolute Gasteiger partial charge is 0.489 e. The van der Waals surface area contributed by atoms with Gasteiger partial charge in [0.1, 0.15) is 10.7 Å². The molecule has 1 rings (SSSR count). The average molecular weight is 313 g/mol. The van der Waals surface area contributed by atoms with Crippen molar-refractivity contribution in [3.63, 3.8) is 0 Å². The van der Waals surface area contributed by atoms with Gasteiger partial charge in [-0.3, -0.25) is 0 Å². The molecule has 108 valence electrons. The number of halogens is 3. The molecule has 1 aromatic rings. The number of benzene rings is 1. The Hall–Kier alpha value is -0.880. The van der Waals surface area contributed by atoms with Gasteiger partial charge in [0, 0.05) is 16.7 Å². The second kappa shape index (κ2) is 6.52. The van der Waals surface area contributed by atoms with Gasteiger partial charge in [-0.2, -0.15) is 0 Å². The molecular weight excluding hydrogens is 298 g/mol. The molecule has 0 unspecified atom stereocenters. The van der Waals surface area contributed by atoms with Gasteiger partial charge in [0.15, 0.2) is 11.6 Å². The summed E-state index contributed by atoms with van der Waals surface area (Å²) in [5.41, 5.74) is 0. The molecule has 0 bridgehead atoms. The summed E-state index contributed by atoms with van der Waals surface area (Å²) >= 11 is 0. The summed E-state index contributed by atoms with van der Waals surface area (Å²) in [6.45, 7) is 4.03. The zero-order valence-electron chi connectivity index (χ0n) is 10.6. The fourth-order valence-electron chi connectivity index (χ4n) is 1.58. The first-order valence-corrected chi connectivity index (χ1v) is 8.17. The Bertz CT molecular complexity index is 542. The van der Waals surface area contributed by atoms with Crippen LogP contribution in [0.4, 0.5) is 8.78 Å². The molecule has 0 aliphatic carbocycles. The van der Waals surface area contributed by atoms with Gasteiger partial charge in [-0.25, -0.2) is 17.2 Å². The highest BCUT2D eigenvalue weighted by Crippen LogP contribution is 2.31. The monoisotopic (exact) mass is 312 g/mol. The normalized spacial score (nSPS) is 11.9. The summed E-state index contributed by atoms with van der Waals surface area (Å²) in [6, 6.07) is 1.21.